The number of rotatable bonds is 3. The Bertz CT molecular complexity index is 340. The van der Waals surface area contributed by atoms with Gasteiger partial charge in [-0.05, 0) is 47.7 Å². The quantitative estimate of drug-likeness (QED) is 0.859. The molecule has 3 N–H and O–H groups in total. The lowest BCUT2D eigenvalue weighted by atomic mass is 9.85. The fraction of sp³-hybridized carbons (Fsp3) is 0.636. The van der Waals surface area contributed by atoms with Crippen molar-refractivity contribution >= 4 is 11.3 Å². The second kappa shape index (κ2) is 5.21. The minimum Gasteiger partial charge on any atom is -0.330 e. The topological polar surface area (TPSA) is 38.0 Å². The standard InChI is InChI=1S/C11H16F2N2S/c12-11(13)10-6-16-5-9(10)8-1-7(2-14)3-15-4-8/h5-8,11,15H,1-4,14H2. The summed E-state index contributed by atoms with van der Waals surface area (Å²) in [5, 5.41) is 6.69. The summed E-state index contributed by atoms with van der Waals surface area (Å²) in [6, 6.07) is 0. The van der Waals surface area contributed by atoms with Gasteiger partial charge in [0.2, 0.25) is 0 Å². The van der Waals surface area contributed by atoms with Crippen LogP contribution in [0.25, 0.3) is 0 Å². The van der Waals surface area contributed by atoms with Gasteiger partial charge < -0.3 is 11.1 Å². The molecule has 90 valence electrons. The van der Waals surface area contributed by atoms with E-state index >= 15 is 0 Å². The molecule has 1 fully saturated rings. The van der Waals surface area contributed by atoms with E-state index in [2.05, 4.69) is 5.32 Å². The highest BCUT2D eigenvalue weighted by Gasteiger charge is 2.26. The summed E-state index contributed by atoms with van der Waals surface area (Å²) in [5.41, 5.74) is 6.65. The van der Waals surface area contributed by atoms with Gasteiger partial charge in [-0.1, -0.05) is 0 Å². The molecule has 1 saturated heterocycles. The zero-order chi connectivity index (χ0) is 11.5. The molecule has 0 amide bonds. The molecule has 1 aliphatic rings. The maximum atomic E-state index is 12.8. The van der Waals surface area contributed by atoms with Crippen molar-refractivity contribution in [1.82, 2.24) is 5.32 Å². The van der Waals surface area contributed by atoms with Crippen LogP contribution in [0.1, 0.15) is 29.9 Å². The molecule has 2 nitrogen and oxygen atoms in total. The van der Waals surface area contributed by atoms with Gasteiger partial charge in [0.1, 0.15) is 0 Å². The first-order valence-corrected chi connectivity index (χ1v) is 6.41. The minimum absolute atomic E-state index is 0.192. The Morgan fingerprint density at radius 2 is 2.25 bits per heavy atom. The molecule has 1 aliphatic heterocycles. The largest absolute Gasteiger partial charge is 0.330 e. The van der Waals surface area contributed by atoms with E-state index in [1.165, 1.54) is 11.3 Å². The van der Waals surface area contributed by atoms with E-state index in [4.69, 9.17) is 5.73 Å². The first-order valence-electron chi connectivity index (χ1n) is 5.47. The highest BCUT2D eigenvalue weighted by Crippen LogP contribution is 2.35. The summed E-state index contributed by atoms with van der Waals surface area (Å²) in [5.74, 6) is 0.599. The zero-order valence-corrected chi connectivity index (χ0v) is 9.77. The Morgan fingerprint density at radius 1 is 1.44 bits per heavy atom. The maximum absolute atomic E-state index is 12.8. The molecule has 5 heteroatoms. The summed E-state index contributed by atoms with van der Waals surface area (Å²) < 4.78 is 25.5. The molecule has 0 aliphatic carbocycles. The molecule has 0 radical (unpaired) electrons. The average molecular weight is 246 g/mol. The maximum Gasteiger partial charge on any atom is 0.264 e. The molecule has 0 bridgehead atoms. The van der Waals surface area contributed by atoms with Crippen LogP contribution in [-0.2, 0) is 0 Å². The lowest BCUT2D eigenvalue weighted by Crippen LogP contribution is -2.38. The number of nitrogens with two attached hydrogens (primary N) is 1. The molecule has 0 spiro atoms. The van der Waals surface area contributed by atoms with E-state index in [1.807, 2.05) is 5.38 Å². The number of alkyl halides is 2. The van der Waals surface area contributed by atoms with Gasteiger partial charge in [-0.15, -0.1) is 0 Å². The highest BCUT2D eigenvalue weighted by atomic mass is 32.1. The fourth-order valence-electron chi connectivity index (χ4n) is 2.27. The first kappa shape index (κ1) is 12.0. The summed E-state index contributed by atoms with van der Waals surface area (Å²) in [7, 11) is 0. The van der Waals surface area contributed by atoms with Gasteiger partial charge >= 0.3 is 0 Å². The van der Waals surface area contributed by atoms with E-state index < -0.39 is 6.43 Å². The van der Waals surface area contributed by atoms with Gasteiger partial charge in [0, 0.05) is 12.1 Å². The molecule has 2 rings (SSSR count). The Morgan fingerprint density at radius 3 is 2.94 bits per heavy atom. The minimum atomic E-state index is -2.36. The number of piperidine rings is 1. The monoisotopic (exact) mass is 246 g/mol. The van der Waals surface area contributed by atoms with Crippen LogP contribution in [0.4, 0.5) is 8.78 Å². The Kier molecular flexibility index (Phi) is 3.89. The first-order chi connectivity index (χ1) is 7.72. The van der Waals surface area contributed by atoms with Crippen molar-refractivity contribution in [3.63, 3.8) is 0 Å². The van der Waals surface area contributed by atoms with Gasteiger partial charge in [0.05, 0.1) is 0 Å². The van der Waals surface area contributed by atoms with Gasteiger partial charge in [0.25, 0.3) is 6.43 Å². The molecule has 1 aromatic heterocycles. The highest BCUT2D eigenvalue weighted by molar-refractivity contribution is 7.08. The fourth-order valence-corrected chi connectivity index (χ4v) is 3.20. The number of thiophene rings is 1. The van der Waals surface area contributed by atoms with Crippen LogP contribution >= 0.6 is 11.3 Å². The Hall–Kier alpha value is -0.520. The third kappa shape index (κ3) is 2.42. The number of halogens is 2. The van der Waals surface area contributed by atoms with Gasteiger partial charge in [0.15, 0.2) is 0 Å². The SMILES string of the molecule is NCC1CNCC(c2cscc2C(F)F)C1. The molecule has 0 aromatic carbocycles. The van der Waals surface area contributed by atoms with Gasteiger partial charge in [-0.3, -0.25) is 0 Å². The van der Waals surface area contributed by atoms with E-state index in [0.717, 1.165) is 25.1 Å². The van der Waals surface area contributed by atoms with E-state index in [1.54, 1.807) is 5.38 Å². The van der Waals surface area contributed by atoms with Crippen molar-refractivity contribution in [2.75, 3.05) is 19.6 Å². The lowest BCUT2D eigenvalue weighted by Gasteiger charge is -2.29. The molecular weight excluding hydrogens is 230 g/mol. The smallest absolute Gasteiger partial charge is 0.264 e. The van der Waals surface area contributed by atoms with E-state index in [0.29, 0.717) is 12.5 Å². The number of hydrogen-bond acceptors (Lipinski definition) is 3. The molecular formula is C11H16F2N2S. The third-order valence-electron chi connectivity index (χ3n) is 3.17. The van der Waals surface area contributed by atoms with Crippen molar-refractivity contribution < 1.29 is 8.78 Å². The molecule has 2 unspecified atom stereocenters. The van der Waals surface area contributed by atoms with Crippen molar-refractivity contribution in [3.05, 3.63) is 21.9 Å². The molecule has 2 heterocycles. The van der Waals surface area contributed by atoms with Crippen molar-refractivity contribution in [2.45, 2.75) is 18.8 Å². The van der Waals surface area contributed by atoms with Gasteiger partial charge in [-0.25, -0.2) is 8.78 Å². The second-order valence-electron chi connectivity index (χ2n) is 4.28. The molecule has 16 heavy (non-hydrogen) atoms. The van der Waals surface area contributed by atoms with Crippen molar-refractivity contribution in [3.8, 4) is 0 Å². The number of hydrogen-bond donors (Lipinski definition) is 2. The Labute approximate surface area is 97.8 Å². The summed E-state index contributed by atoms with van der Waals surface area (Å²) in [4.78, 5) is 0. The van der Waals surface area contributed by atoms with Crippen LogP contribution < -0.4 is 11.1 Å². The van der Waals surface area contributed by atoms with Crippen molar-refractivity contribution in [1.29, 1.82) is 0 Å². The van der Waals surface area contributed by atoms with Gasteiger partial charge in [-0.2, -0.15) is 11.3 Å². The predicted molar refractivity (Wildman–Crippen MR) is 62.0 cm³/mol. The van der Waals surface area contributed by atoms with Crippen LogP contribution in [0.3, 0.4) is 0 Å². The second-order valence-corrected chi connectivity index (χ2v) is 5.02. The van der Waals surface area contributed by atoms with Crippen LogP contribution in [0.15, 0.2) is 10.8 Å². The molecule has 0 saturated carbocycles. The van der Waals surface area contributed by atoms with Crippen LogP contribution in [0.2, 0.25) is 0 Å². The summed E-state index contributed by atoms with van der Waals surface area (Å²) >= 11 is 1.36. The molecule has 1 aromatic rings. The van der Waals surface area contributed by atoms with E-state index in [-0.39, 0.29) is 11.5 Å². The van der Waals surface area contributed by atoms with Crippen LogP contribution in [0.5, 0.6) is 0 Å². The normalized spacial score (nSPS) is 26.2. The zero-order valence-electron chi connectivity index (χ0n) is 8.96. The van der Waals surface area contributed by atoms with E-state index in [9.17, 15) is 8.78 Å². The van der Waals surface area contributed by atoms with Crippen molar-refractivity contribution in [2.24, 2.45) is 11.7 Å². The molecule has 2 atom stereocenters. The summed E-state index contributed by atoms with van der Waals surface area (Å²) in [6.45, 7) is 2.31. The average Bonchev–Trinajstić information content (AvgIpc) is 2.78. The van der Waals surface area contributed by atoms with Crippen LogP contribution in [-0.4, -0.2) is 19.6 Å². The Balaban J connectivity index is 2.13. The lowest BCUT2D eigenvalue weighted by molar-refractivity contribution is 0.149. The summed E-state index contributed by atoms with van der Waals surface area (Å²) in [6.07, 6.45) is -1.44. The predicted octanol–water partition coefficient (Wildman–Crippen LogP) is 2.34. The third-order valence-corrected chi connectivity index (χ3v) is 3.95. The van der Waals surface area contributed by atoms with Crippen LogP contribution in [0, 0.1) is 5.92 Å². The number of nitrogens with one attached hydrogen (secondary N) is 1.